The monoisotopic (exact) mass is 361 g/mol. The third kappa shape index (κ3) is 4.27. The second kappa shape index (κ2) is 7.80. The molecule has 3 rings (SSSR count). The van der Waals surface area contributed by atoms with Crippen LogP contribution in [-0.2, 0) is 11.2 Å². The van der Waals surface area contributed by atoms with Gasteiger partial charge in [-0.2, -0.15) is 0 Å². The van der Waals surface area contributed by atoms with Gasteiger partial charge >= 0.3 is 5.97 Å². The van der Waals surface area contributed by atoms with E-state index in [1.807, 2.05) is 30.3 Å². The van der Waals surface area contributed by atoms with Crippen LogP contribution in [0.4, 0.5) is 5.82 Å². The number of benzene rings is 1. The van der Waals surface area contributed by atoms with Gasteiger partial charge < -0.3 is 15.2 Å². The van der Waals surface area contributed by atoms with E-state index in [0.717, 1.165) is 18.4 Å². The Morgan fingerprint density at radius 1 is 1.36 bits per heavy atom. The lowest BCUT2D eigenvalue weighted by atomic mass is 10.1. The summed E-state index contributed by atoms with van der Waals surface area (Å²) in [6, 6.07) is 9.52. The molecule has 6 nitrogen and oxygen atoms in total. The van der Waals surface area contributed by atoms with Crippen molar-refractivity contribution in [3.63, 3.8) is 0 Å². The molecule has 0 unspecified atom stereocenters. The molecule has 2 N–H and O–H groups in total. The standard InChI is InChI=1S/C18H20ClN3O3/c1-25-18(24)15-14(19)17(22-16(21-15)12-7-8-12)20-13(10-23)9-11-5-3-2-4-6-11/h2-6,12-13,23H,7-10H2,1H3,(H,20,21,22)/t13-/m0/s1. The van der Waals surface area contributed by atoms with Crippen LogP contribution in [0.3, 0.4) is 0 Å². The number of anilines is 1. The number of halogens is 1. The van der Waals surface area contributed by atoms with Crippen molar-refractivity contribution >= 4 is 23.4 Å². The molecule has 7 heteroatoms. The van der Waals surface area contributed by atoms with Crippen LogP contribution in [0.5, 0.6) is 0 Å². The van der Waals surface area contributed by atoms with Gasteiger partial charge in [-0.3, -0.25) is 0 Å². The number of carbonyl (C=O) groups is 1. The number of rotatable bonds is 7. The van der Waals surface area contributed by atoms with Crippen molar-refractivity contribution in [1.82, 2.24) is 9.97 Å². The van der Waals surface area contributed by atoms with Gasteiger partial charge in [0.05, 0.1) is 19.8 Å². The van der Waals surface area contributed by atoms with Crippen LogP contribution in [0.25, 0.3) is 0 Å². The molecule has 0 radical (unpaired) electrons. The number of methoxy groups -OCH3 is 1. The number of hydrogen-bond acceptors (Lipinski definition) is 6. The number of nitrogens with one attached hydrogen (secondary N) is 1. The molecule has 25 heavy (non-hydrogen) atoms. The Bertz CT molecular complexity index is 751. The van der Waals surface area contributed by atoms with E-state index in [4.69, 9.17) is 16.3 Å². The second-order valence-electron chi connectivity index (χ2n) is 6.07. The number of hydrogen-bond donors (Lipinski definition) is 2. The van der Waals surface area contributed by atoms with E-state index in [1.54, 1.807) is 0 Å². The number of aliphatic hydroxyl groups excluding tert-OH is 1. The smallest absolute Gasteiger partial charge is 0.358 e. The first-order chi connectivity index (χ1) is 12.1. The summed E-state index contributed by atoms with van der Waals surface area (Å²) in [5.41, 5.74) is 1.13. The van der Waals surface area contributed by atoms with Crippen LogP contribution in [0, 0.1) is 0 Å². The maximum Gasteiger partial charge on any atom is 0.358 e. The highest BCUT2D eigenvalue weighted by Gasteiger charge is 2.30. The maximum atomic E-state index is 12.0. The zero-order valence-electron chi connectivity index (χ0n) is 13.9. The minimum atomic E-state index is -0.596. The molecule has 1 heterocycles. The third-order valence-corrected chi connectivity index (χ3v) is 4.43. The minimum absolute atomic E-state index is 0.0555. The largest absolute Gasteiger partial charge is 0.464 e. The van der Waals surface area contributed by atoms with E-state index in [1.165, 1.54) is 7.11 Å². The van der Waals surface area contributed by atoms with Crippen molar-refractivity contribution < 1.29 is 14.6 Å². The van der Waals surface area contributed by atoms with E-state index in [9.17, 15) is 9.90 Å². The second-order valence-corrected chi connectivity index (χ2v) is 6.45. The third-order valence-electron chi connectivity index (χ3n) is 4.08. The summed E-state index contributed by atoms with van der Waals surface area (Å²) in [6.07, 6.45) is 2.59. The average Bonchev–Trinajstić information content (AvgIpc) is 3.48. The summed E-state index contributed by atoms with van der Waals surface area (Å²) in [4.78, 5) is 20.7. The van der Waals surface area contributed by atoms with E-state index < -0.39 is 5.97 Å². The molecule has 1 saturated carbocycles. The first kappa shape index (κ1) is 17.6. The lowest BCUT2D eigenvalue weighted by Gasteiger charge is -2.19. The summed E-state index contributed by atoms with van der Waals surface area (Å²) in [5, 5.41) is 13.0. The van der Waals surface area contributed by atoms with Crippen LogP contribution in [-0.4, -0.2) is 40.8 Å². The van der Waals surface area contributed by atoms with Gasteiger partial charge in [0.2, 0.25) is 0 Å². The molecule has 132 valence electrons. The number of carbonyl (C=O) groups excluding carboxylic acids is 1. The van der Waals surface area contributed by atoms with Gasteiger partial charge in [-0.1, -0.05) is 41.9 Å². The first-order valence-electron chi connectivity index (χ1n) is 8.19. The topological polar surface area (TPSA) is 84.3 Å². The Kier molecular flexibility index (Phi) is 5.50. The minimum Gasteiger partial charge on any atom is -0.464 e. The fraction of sp³-hybridized carbons (Fsp3) is 0.389. The molecule has 1 fully saturated rings. The molecule has 1 aromatic carbocycles. The van der Waals surface area contributed by atoms with Crippen molar-refractivity contribution in [2.75, 3.05) is 19.0 Å². The van der Waals surface area contributed by atoms with Crippen molar-refractivity contribution in [3.05, 3.63) is 52.4 Å². The Morgan fingerprint density at radius 3 is 2.68 bits per heavy atom. The number of esters is 1. The molecule has 0 spiro atoms. The van der Waals surface area contributed by atoms with Crippen molar-refractivity contribution in [2.24, 2.45) is 0 Å². The summed E-state index contributed by atoms with van der Waals surface area (Å²) in [7, 11) is 1.29. The van der Waals surface area contributed by atoms with Gasteiger partial charge in [0.15, 0.2) is 5.69 Å². The number of nitrogens with zero attached hydrogens (tertiary/aromatic N) is 2. The first-order valence-corrected chi connectivity index (χ1v) is 8.57. The lowest BCUT2D eigenvalue weighted by molar-refractivity contribution is 0.0593. The highest BCUT2D eigenvalue weighted by atomic mass is 35.5. The number of ether oxygens (including phenoxy) is 1. The SMILES string of the molecule is COC(=O)c1nc(C2CC2)nc(N[C@H](CO)Cc2ccccc2)c1Cl. The van der Waals surface area contributed by atoms with Crippen LogP contribution >= 0.6 is 11.6 Å². The molecule has 0 aliphatic heterocycles. The molecule has 1 aliphatic carbocycles. The maximum absolute atomic E-state index is 12.0. The van der Waals surface area contributed by atoms with E-state index in [0.29, 0.717) is 18.1 Å². The van der Waals surface area contributed by atoms with E-state index in [2.05, 4.69) is 15.3 Å². The van der Waals surface area contributed by atoms with Crippen molar-refractivity contribution in [2.45, 2.75) is 31.2 Å². The van der Waals surface area contributed by atoms with Gasteiger partial charge in [0.25, 0.3) is 0 Å². The Balaban J connectivity index is 1.86. The van der Waals surface area contributed by atoms with E-state index in [-0.39, 0.29) is 29.3 Å². The van der Waals surface area contributed by atoms with Gasteiger partial charge in [-0.15, -0.1) is 0 Å². The highest BCUT2D eigenvalue weighted by Crippen LogP contribution is 2.39. The normalized spacial score (nSPS) is 14.8. The zero-order chi connectivity index (χ0) is 17.8. The van der Waals surface area contributed by atoms with Crippen LogP contribution in [0.2, 0.25) is 5.02 Å². The molecular formula is C18H20ClN3O3. The van der Waals surface area contributed by atoms with Gasteiger partial charge in [-0.05, 0) is 24.8 Å². The number of aromatic nitrogens is 2. The molecule has 1 aromatic heterocycles. The molecule has 0 bridgehead atoms. The van der Waals surface area contributed by atoms with Gasteiger partial charge in [-0.25, -0.2) is 14.8 Å². The molecular weight excluding hydrogens is 342 g/mol. The summed E-state index contributed by atoms with van der Waals surface area (Å²) in [6.45, 7) is -0.0957. The predicted molar refractivity (Wildman–Crippen MR) is 95.0 cm³/mol. The lowest BCUT2D eigenvalue weighted by Crippen LogP contribution is -2.28. The van der Waals surface area contributed by atoms with Crippen LogP contribution in [0.1, 0.15) is 40.6 Å². The average molecular weight is 362 g/mol. The quantitative estimate of drug-likeness (QED) is 0.738. The Hall–Kier alpha value is -2.18. The molecule has 1 aliphatic rings. The van der Waals surface area contributed by atoms with E-state index >= 15 is 0 Å². The van der Waals surface area contributed by atoms with Crippen LogP contribution in [0.15, 0.2) is 30.3 Å². The predicted octanol–water partition coefficient (Wildman–Crippen LogP) is 2.81. The fourth-order valence-electron chi connectivity index (χ4n) is 2.57. The van der Waals surface area contributed by atoms with Gasteiger partial charge in [0.1, 0.15) is 16.7 Å². The fourth-order valence-corrected chi connectivity index (χ4v) is 2.79. The molecule has 1 atom stereocenters. The van der Waals surface area contributed by atoms with Gasteiger partial charge in [0, 0.05) is 5.92 Å². The summed E-state index contributed by atoms with van der Waals surface area (Å²) >= 11 is 6.31. The number of aliphatic hydroxyl groups is 1. The summed E-state index contributed by atoms with van der Waals surface area (Å²) in [5.74, 6) is 0.599. The summed E-state index contributed by atoms with van der Waals surface area (Å²) < 4.78 is 4.76. The molecule has 2 aromatic rings. The van der Waals surface area contributed by atoms with Crippen molar-refractivity contribution in [1.29, 1.82) is 0 Å². The molecule has 0 saturated heterocycles. The molecule has 0 amide bonds. The van der Waals surface area contributed by atoms with Crippen LogP contribution < -0.4 is 5.32 Å². The highest BCUT2D eigenvalue weighted by molar-refractivity contribution is 6.35. The zero-order valence-corrected chi connectivity index (χ0v) is 14.7. The Morgan fingerprint density at radius 2 is 2.08 bits per heavy atom. The Labute approximate surface area is 151 Å². The van der Waals surface area contributed by atoms with Crippen molar-refractivity contribution in [3.8, 4) is 0 Å².